The molecule has 1 spiro atoms. The summed E-state index contributed by atoms with van der Waals surface area (Å²) in [6, 6.07) is 11.9. The Labute approximate surface area is 175 Å². The summed E-state index contributed by atoms with van der Waals surface area (Å²) >= 11 is 0. The zero-order chi connectivity index (χ0) is 20.9. The largest absolute Gasteiger partial charge is 0.340 e. The highest BCUT2D eigenvalue weighted by molar-refractivity contribution is 5.77. The summed E-state index contributed by atoms with van der Waals surface area (Å²) < 4.78 is 7.30. The maximum Gasteiger partial charge on any atom is 0.257 e. The quantitative estimate of drug-likeness (QED) is 0.662. The minimum Gasteiger partial charge on any atom is -0.340 e. The number of aromatic nitrogens is 4. The summed E-state index contributed by atoms with van der Waals surface area (Å²) in [4.78, 5) is 21.6. The fourth-order valence-corrected chi connectivity index (χ4v) is 4.86. The van der Waals surface area contributed by atoms with Crippen molar-refractivity contribution in [1.29, 1.82) is 0 Å². The summed E-state index contributed by atoms with van der Waals surface area (Å²) in [5.74, 6) is 1.40. The Kier molecular flexibility index (Phi) is 4.47. The maximum absolute atomic E-state index is 12.7. The lowest BCUT2D eigenvalue weighted by Crippen LogP contribution is -2.60. The molecule has 2 saturated heterocycles. The first kappa shape index (κ1) is 19.0. The molecular weight excluding hydrogens is 380 g/mol. The van der Waals surface area contributed by atoms with Gasteiger partial charge in [0.05, 0.1) is 11.7 Å². The van der Waals surface area contributed by atoms with Gasteiger partial charge in [-0.05, 0) is 45.5 Å². The standard InChI is InChI=1S/C22H26N6O2/c1-15-9-16(2)28(24-15)11-19(29)27-13-22(14-27)10-18(26(3)12-22)20-23-21(30-25-20)17-7-5-4-6-8-17/h4-9,18H,10-14H2,1-3H3. The van der Waals surface area contributed by atoms with Gasteiger partial charge >= 0.3 is 0 Å². The molecule has 0 saturated carbocycles. The van der Waals surface area contributed by atoms with Crippen molar-refractivity contribution < 1.29 is 9.32 Å². The molecule has 1 amide bonds. The minimum absolute atomic E-state index is 0.109. The second-order valence-electron chi connectivity index (χ2n) is 8.79. The van der Waals surface area contributed by atoms with Gasteiger partial charge in [0.2, 0.25) is 5.91 Å². The smallest absolute Gasteiger partial charge is 0.257 e. The summed E-state index contributed by atoms with van der Waals surface area (Å²) in [6.07, 6.45) is 0.931. The van der Waals surface area contributed by atoms with Crippen LogP contribution in [0.1, 0.15) is 29.7 Å². The Balaban J connectivity index is 1.23. The molecule has 0 radical (unpaired) electrons. The van der Waals surface area contributed by atoms with E-state index in [0.29, 0.717) is 12.4 Å². The molecule has 2 fully saturated rings. The molecule has 2 aromatic heterocycles. The van der Waals surface area contributed by atoms with Gasteiger partial charge in [0.1, 0.15) is 6.54 Å². The predicted molar refractivity (Wildman–Crippen MR) is 110 cm³/mol. The molecule has 30 heavy (non-hydrogen) atoms. The monoisotopic (exact) mass is 406 g/mol. The summed E-state index contributed by atoms with van der Waals surface area (Å²) in [5, 5.41) is 8.66. The van der Waals surface area contributed by atoms with E-state index >= 15 is 0 Å². The second-order valence-corrected chi connectivity index (χ2v) is 8.79. The molecule has 0 bridgehead atoms. The van der Waals surface area contributed by atoms with E-state index in [9.17, 15) is 4.79 Å². The van der Waals surface area contributed by atoms with Crippen LogP contribution in [0.25, 0.3) is 11.5 Å². The number of carbonyl (C=O) groups excluding carboxylic acids is 1. The van der Waals surface area contributed by atoms with Gasteiger partial charge in [0.25, 0.3) is 5.89 Å². The first-order chi connectivity index (χ1) is 14.4. The number of nitrogens with zero attached hydrogens (tertiary/aromatic N) is 6. The van der Waals surface area contributed by atoms with Crippen LogP contribution >= 0.6 is 0 Å². The Hall–Kier alpha value is -3.00. The van der Waals surface area contributed by atoms with Gasteiger partial charge in [-0.25, -0.2) is 0 Å². The molecule has 0 aliphatic carbocycles. The molecule has 8 heteroatoms. The van der Waals surface area contributed by atoms with Crippen LogP contribution in [0.15, 0.2) is 40.9 Å². The number of rotatable bonds is 4. The Morgan fingerprint density at radius 3 is 2.67 bits per heavy atom. The second kappa shape index (κ2) is 7.05. The number of aryl methyl sites for hydroxylation is 2. The zero-order valence-corrected chi connectivity index (χ0v) is 17.6. The van der Waals surface area contributed by atoms with Crippen LogP contribution in [0.3, 0.4) is 0 Å². The van der Waals surface area contributed by atoms with Crippen molar-refractivity contribution in [3.63, 3.8) is 0 Å². The average molecular weight is 406 g/mol. The molecule has 1 atom stereocenters. The molecule has 8 nitrogen and oxygen atoms in total. The lowest BCUT2D eigenvalue weighted by molar-refractivity contribution is -0.143. The van der Waals surface area contributed by atoms with E-state index in [1.165, 1.54) is 0 Å². The lowest BCUT2D eigenvalue weighted by Gasteiger charge is -2.48. The Morgan fingerprint density at radius 2 is 1.97 bits per heavy atom. The molecule has 156 valence electrons. The first-order valence-electron chi connectivity index (χ1n) is 10.3. The van der Waals surface area contributed by atoms with Crippen molar-refractivity contribution in [3.05, 3.63) is 53.6 Å². The fraction of sp³-hybridized carbons (Fsp3) is 0.455. The third kappa shape index (κ3) is 3.31. The van der Waals surface area contributed by atoms with Gasteiger partial charge in [-0.15, -0.1) is 0 Å². The molecule has 5 rings (SSSR count). The van der Waals surface area contributed by atoms with Crippen LogP contribution in [0, 0.1) is 19.3 Å². The van der Waals surface area contributed by atoms with Gasteiger partial charge in [-0.1, -0.05) is 23.4 Å². The Morgan fingerprint density at radius 1 is 1.20 bits per heavy atom. The van der Waals surface area contributed by atoms with Crippen molar-refractivity contribution in [2.45, 2.75) is 32.9 Å². The van der Waals surface area contributed by atoms with Crippen molar-refractivity contribution in [1.82, 2.24) is 29.7 Å². The number of hydrogen-bond acceptors (Lipinski definition) is 6. The molecule has 3 aromatic rings. The van der Waals surface area contributed by atoms with E-state index in [2.05, 4.69) is 27.2 Å². The molecular formula is C22H26N6O2. The van der Waals surface area contributed by atoms with Crippen LogP contribution in [-0.4, -0.2) is 62.3 Å². The number of amides is 1. The van der Waals surface area contributed by atoms with Gasteiger partial charge in [0.15, 0.2) is 5.82 Å². The van der Waals surface area contributed by atoms with Crippen LogP contribution < -0.4 is 0 Å². The van der Waals surface area contributed by atoms with Gasteiger partial charge < -0.3 is 9.42 Å². The number of likely N-dealkylation sites (tertiary alicyclic amines) is 2. The van der Waals surface area contributed by atoms with Crippen molar-refractivity contribution >= 4 is 5.91 Å². The van der Waals surface area contributed by atoms with Crippen molar-refractivity contribution in [2.75, 3.05) is 26.7 Å². The van der Waals surface area contributed by atoms with Crippen molar-refractivity contribution in [3.8, 4) is 11.5 Å². The summed E-state index contributed by atoms with van der Waals surface area (Å²) in [6.45, 7) is 6.71. The Bertz CT molecular complexity index is 1070. The number of benzene rings is 1. The molecule has 1 aromatic carbocycles. The van der Waals surface area contributed by atoms with Crippen molar-refractivity contribution in [2.24, 2.45) is 5.41 Å². The third-order valence-electron chi connectivity index (χ3n) is 6.30. The minimum atomic E-state index is 0.109. The average Bonchev–Trinajstić information content (AvgIpc) is 3.39. The summed E-state index contributed by atoms with van der Waals surface area (Å²) in [5.41, 5.74) is 2.99. The topological polar surface area (TPSA) is 80.3 Å². The van der Waals surface area contributed by atoms with Gasteiger partial charge in [-0.3, -0.25) is 14.4 Å². The van der Waals surface area contributed by atoms with Crippen LogP contribution in [0.2, 0.25) is 0 Å². The number of hydrogen-bond donors (Lipinski definition) is 0. The highest BCUT2D eigenvalue weighted by atomic mass is 16.5. The van der Waals surface area contributed by atoms with E-state index in [1.54, 1.807) is 4.68 Å². The molecule has 2 aliphatic rings. The third-order valence-corrected chi connectivity index (χ3v) is 6.30. The van der Waals surface area contributed by atoms with E-state index < -0.39 is 0 Å². The fourth-order valence-electron chi connectivity index (χ4n) is 4.86. The molecule has 2 aliphatic heterocycles. The molecule has 1 unspecified atom stereocenters. The molecule has 0 N–H and O–H groups in total. The SMILES string of the molecule is Cc1cc(C)n(CC(=O)N2CC3(CC(c4noc(-c5ccccc5)n4)N(C)C3)C2)n1. The van der Waals surface area contributed by atoms with Crippen LogP contribution in [0.4, 0.5) is 0 Å². The normalized spacial score (nSPS) is 20.6. The first-order valence-corrected chi connectivity index (χ1v) is 10.3. The van der Waals surface area contributed by atoms with E-state index in [4.69, 9.17) is 4.52 Å². The maximum atomic E-state index is 12.7. The number of carbonyl (C=O) groups is 1. The van der Waals surface area contributed by atoms with E-state index in [-0.39, 0.29) is 17.4 Å². The van der Waals surface area contributed by atoms with E-state index in [1.807, 2.05) is 55.1 Å². The highest BCUT2D eigenvalue weighted by Crippen LogP contribution is 2.47. The molecule has 4 heterocycles. The predicted octanol–water partition coefficient (Wildman–Crippen LogP) is 2.46. The van der Waals surface area contributed by atoms with Gasteiger partial charge in [0, 0.05) is 36.3 Å². The lowest BCUT2D eigenvalue weighted by atomic mass is 9.77. The highest BCUT2D eigenvalue weighted by Gasteiger charge is 2.53. The van der Waals surface area contributed by atoms with Crippen LogP contribution in [0.5, 0.6) is 0 Å². The van der Waals surface area contributed by atoms with E-state index in [0.717, 1.165) is 48.8 Å². The van der Waals surface area contributed by atoms with Crippen LogP contribution in [-0.2, 0) is 11.3 Å². The zero-order valence-electron chi connectivity index (χ0n) is 17.6. The van der Waals surface area contributed by atoms with Gasteiger partial charge in [-0.2, -0.15) is 10.1 Å². The summed E-state index contributed by atoms with van der Waals surface area (Å²) in [7, 11) is 2.10.